The zero-order valence-electron chi connectivity index (χ0n) is 10.8. The van der Waals surface area contributed by atoms with Crippen LogP contribution in [0.5, 0.6) is 0 Å². The van der Waals surface area contributed by atoms with Crippen LogP contribution in [0.3, 0.4) is 0 Å². The fraction of sp³-hybridized carbons (Fsp3) is 0.429. The minimum Gasteiger partial charge on any atom is -0.308 e. The van der Waals surface area contributed by atoms with Crippen molar-refractivity contribution >= 4 is 11.8 Å². The number of nitrogens with one attached hydrogen (secondary N) is 1. The van der Waals surface area contributed by atoms with Gasteiger partial charge in [-0.25, -0.2) is 0 Å². The Kier molecular flexibility index (Phi) is 4.15. The zero-order chi connectivity index (χ0) is 12.9. The van der Waals surface area contributed by atoms with Gasteiger partial charge in [0.2, 0.25) is 0 Å². The molecular weight excluding hydrogens is 256 g/mol. The van der Waals surface area contributed by atoms with E-state index in [9.17, 15) is 0 Å². The van der Waals surface area contributed by atoms with E-state index in [2.05, 4.69) is 15.5 Å². The third kappa shape index (κ3) is 3.36. The molecule has 0 aliphatic carbocycles. The third-order valence-corrected chi connectivity index (χ3v) is 4.37. The Morgan fingerprint density at radius 1 is 1.21 bits per heavy atom. The maximum atomic E-state index is 4.50. The lowest BCUT2D eigenvalue weighted by atomic mass is 10.1. The van der Waals surface area contributed by atoms with Gasteiger partial charge in [-0.2, -0.15) is 26.8 Å². The molecule has 0 bridgehead atoms. The summed E-state index contributed by atoms with van der Waals surface area (Å²) in [6.07, 6.45) is 4.37. The standard InChI is InChI=1S/C14H18N4S/c1-2-4-14(5-3-1)18-16-11-13(17-18)10-15-12-6-8-19-9-7-12/h1-5,11-12,15H,6-10H2. The summed E-state index contributed by atoms with van der Waals surface area (Å²) in [6.45, 7) is 0.808. The molecular formula is C14H18N4S. The maximum Gasteiger partial charge on any atom is 0.0969 e. The first-order chi connectivity index (χ1) is 9.42. The molecule has 19 heavy (non-hydrogen) atoms. The summed E-state index contributed by atoms with van der Waals surface area (Å²) >= 11 is 2.05. The number of para-hydroxylation sites is 1. The van der Waals surface area contributed by atoms with Crippen LogP contribution in [0.2, 0.25) is 0 Å². The van der Waals surface area contributed by atoms with Crippen LogP contribution in [0.15, 0.2) is 36.5 Å². The minimum atomic E-state index is 0.642. The molecule has 0 unspecified atom stereocenters. The van der Waals surface area contributed by atoms with Gasteiger partial charge in [-0.15, -0.1) is 0 Å². The highest BCUT2D eigenvalue weighted by atomic mass is 32.2. The first-order valence-corrected chi connectivity index (χ1v) is 7.85. The summed E-state index contributed by atoms with van der Waals surface area (Å²) in [5.41, 5.74) is 2.00. The average molecular weight is 274 g/mol. The van der Waals surface area contributed by atoms with Crippen LogP contribution < -0.4 is 5.32 Å². The summed E-state index contributed by atoms with van der Waals surface area (Å²) in [5.74, 6) is 2.54. The number of rotatable bonds is 4. The van der Waals surface area contributed by atoms with Crippen LogP contribution in [0.25, 0.3) is 5.69 Å². The van der Waals surface area contributed by atoms with Crippen LogP contribution in [-0.4, -0.2) is 32.5 Å². The van der Waals surface area contributed by atoms with Crippen molar-refractivity contribution in [3.8, 4) is 5.69 Å². The van der Waals surface area contributed by atoms with E-state index in [0.717, 1.165) is 17.9 Å². The summed E-state index contributed by atoms with van der Waals surface area (Å²) in [4.78, 5) is 1.69. The summed E-state index contributed by atoms with van der Waals surface area (Å²) in [7, 11) is 0. The van der Waals surface area contributed by atoms with Gasteiger partial charge in [0.1, 0.15) is 0 Å². The third-order valence-electron chi connectivity index (χ3n) is 3.32. The number of hydrogen-bond donors (Lipinski definition) is 1. The van der Waals surface area contributed by atoms with Crippen molar-refractivity contribution in [2.24, 2.45) is 0 Å². The lowest BCUT2D eigenvalue weighted by Gasteiger charge is -2.21. The van der Waals surface area contributed by atoms with Crippen molar-refractivity contribution in [1.82, 2.24) is 20.3 Å². The second-order valence-corrected chi connectivity index (χ2v) is 5.95. The molecule has 100 valence electrons. The van der Waals surface area contributed by atoms with E-state index in [1.165, 1.54) is 24.3 Å². The van der Waals surface area contributed by atoms with E-state index >= 15 is 0 Å². The Hall–Kier alpha value is -1.33. The Bertz CT molecular complexity index is 505. The molecule has 0 saturated carbocycles. The van der Waals surface area contributed by atoms with Crippen molar-refractivity contribution in [1.29, 1.82) is 0 Å². The van der Waals surface area contributed by atoms with Crippen molar-refractivity contribution in [2.45, 2.75) is 25.4 Å². The van der Waals surface area contributed by atoms with Crippen molar-refractivity contribution in [2.75, 3.05) is 11.5 Å². The number of aromatic nitrogens is 3. The summed E-state index contributed by atoms with van der Waals surface area (Å²) < 4.78 is 0. The molecule has 2 heterocycles. The van der Waals surface area contributed by atoms with Gasteiger partial charge in [-0.1, -0.05) is 18.2 Å². The topological polar surface area (TPSA) is 42.7 Å². The molecule has 1 saturated heterocycles. The largest absolute Gasteiger partial charge is 0.308 e. The van der Waals surface area contributed by atoms with E-state index in [1.807, 2.05) is 48.3 Å². The molecule has 0 spiro atoms. The number of nitrogens with zero attached hydrogens (tertiary/aromatic N) is 3. The van der Waals surface area contributed by atoms with Gasteiger partial charge in [0.25, 0.3) is 0 Å². The molecule has 1 aromatic carbocycles. The lowest BCUT2D eigenvalue weighted by molar-refractivity contribution is 0.477. The second kappa shape index (κ2) is 6.21. The van der Waals surface area contributed by atoms with Gasteiger partial charge in [0.15, 0.2) is 0 Å². The predicted molar refractivity (Wildman–Crippen MR) is 78.5 cm³/mol. The molecule has 1 aliphatic heterocycles. The van der Waals surface area contributed by atoms with Crippen molar-refractivity contribution in [3.05, 3.63) is 42.2 Å². The van der Waals surface area contributed by atoms with Gasteiger partial charge in [0.05, 0.1) is 17.6 Å². The fourth-order valence-corrected chi connectivity index (χ4v) is 3.32. The normalized spacial score (nSPS) is 16.6. The van der Waals surface area contributed by atoms with Gasteiger partial charge in [0, 0.05) is 12.6 Å². The Labute approximate surface area is 117 Å². The molecule has 5 heteroatoms. The second-order valence-electron chi connectivity index (χ2n) is 4.73. The molecule has 0 atom stereocenters. The molecule has 1 N–H and O–H groups in total. The highest BCUT2D eigenvalue weighted by Gasteiger charge is 2.13. The fourth-order valence-electron chi connectivity index (χ4n) is 2.21. The Balaban J connectivity index is 1.59. The number of thioether (sulfide) groups is 1. The summed E-state index contributed by atoms with van der Waals surface area (Å²) in [5, 5.41) is 12.4. The molecule has 1 fully saturated rings. The van der Waals surface area contributed by atoms with E-state index in [-0.39, 0.29) is 0 Å². The molecule has 0 radical (unpaired) electrons. The van der Waals surface area contributed by atoms with E-state index in [1.54, 1.807) is 4.80 Å². The molecule has 1 aliphatic rings. The van der Waals surface area contributed by atoms with Gasteiger partial charge in [-0.3, -0.25) is 0 Å². The number of benzene rings is 1. The van der Waals surface area contributed by atoms with E-state index in [4.69, 9.17) is 0 Å². The van der Waals surface area contributed by atoms with Gasteiger partial charge < -0.3 is 5.32 Å². The molecule has 1 aromatic heterocycles. The monoisotopic (exact) mass is 274 g/mol. The highest BCUT2D eigenvalue weighted by molar-refractivity contribution is 7.99. The first-order valence-electron chi connectivity index (χ1n) is 6.69. The molecule has 0 amide bonds. The van der Waals surface area contributed by atoms with Crippen LogP contribution in [0.1, 0.15) is 18.5 Å². The zero-order valence-corrected chi connectivity index (χ0v) is 11.6. The van der Waals surface area contributed by atoms with Crippen molar-refractivity contribution < 1.29 is 0 Å². The summed E-state index contributed by atoms with van der Waals surface area (Å²) in [6, 6.07) is 10.7. The van der Waals surface area contributed by atoms with Crippen LogP contribution >= 0.6 is 11.8 Å². The predicted octanol–water partition coefficient (Wildman–Crippen LogP) is 2.25. The maximum absolute atomic E-state index is 4.50. The average Bonchev–Trinajstić information content (AvgIpc) is 2.96. The SMILES string of the molecule is c1ccc(-n2ncc(CNC3CCSCC3)n2)cc1. The first kappa shape index (κ1) is 12.7. The van der Waals surface area contributed by atoms with Crippen LogP contribution in [0.4, 0.5) is 0 Å². The lowest BCUT2D eigenvalue weighted by Crippen LogP contribution is -2.32. The van der Waals surface area contributed by atoms with Crippen LogP contribution in [-0.2, 0) is 6.54 Å². The van der Waals surface area contributed by atoms with Crippen LogP contribution in [0, 0.1) is 0 Å². The number of hydrogen-bond acceptors (Lipinski definition) is 4. The Morgan fingerprint density at radius 2 is 2.00 bits per heavy atom. The molecule has 3 rings (SSSR count). The minimum absolute atomic E-state index is 0.642. The van der Waals surface area contributed by atoms with Gasteiger partial charge in [-0.05, 0) is 36.5 Å². The smallest absolute Gasteiger partial charge is 0.0969 e. The van der Waals surface area contributed by atoms with Gasteiger partial charge >= 0.3 is 0 Å². The molecule has 4 nitrogen and oxygen atoms in total. The quantitative estimate of drug-likeness (QED) is 0.928. The van der Waals surface area contributed by atoms with E-state index in [0.29, 0.717) is 6.04 Å². The van der Waals surface area contributed by atoms with Crippen molar-refractivity contribution in [3.63, 3.8) is 0 Å². The molecule has 2 aromatic rings. The Morgan fingerprint density at radius 3 is 2.79 bits per heavy atom. The highest BCUT2D eigenvalue weighted by Crippen LogP contribution is 2.17. The van der Waals surface area contributed by atoms with E-state index < -0.39 is 0 Å².